The third-order valence-corrected chi connectivity index (χ3v) is 4.47. The molecule has 1 saturated heterocycles. The Bertz CT molecular complexity index is 829. The van der Waals surface area contributed by atoms with Gasteiger partial charge < -0.3 is 9.47 Å². The summed E-state index contributed by atoms with van der Waals surface area (Å²) < 4.78 is 3.40. The van der Waals surface area contributed by atoms with Gasteiger partial charge in [0.25, 0.3) is 5.56 Å². The van der Waals surface area contributed by atoms with Crippen LogP contribution in [-0.2, 0) is 13.6 Å². The monoisotopic (exact) mass is 319 g/mol. The zero-order valence-corrected chi connectivity index (χ0v) is 14.3. The van der Waals surface area contributed by atoms with E-state index in [1.807, 2.05) is 4.57 Å². The number of aryl methyl sites for hydroxylation is 1. The van der Waals surface area contributed by atoms with Crippen molar-refractivity contribution in [1.29, 1.82) is 0 Å². The van der Waals surface area contributed by atoms with E-state index in [0.29, 0.717) is 29.5 Å². The van der Waals surface area contributed by atoms with Crippen LogP contribution in [0.5, 0.6) is 0 Å². The van der Waals surface area contributed by atoms with Crippen LogP contribution >= 0.6 is 0 Å². The highest BCUT2D eigenvalue weighted by molar-refractivity contribution is 5.74. The molecule has 0 aromatic carbocycles. The fourth-order valence-corrected chi connectivity index (χ4v) is 3.37. The van der Waals surface area contributed by atoms with Crippen molar-refractivity contribution < 1.29 is 0 Å². The van der Waals surface area contributed by atoms with Crippen LogP contribution in [0.15, 0.2) is 9.59 Å². The summed E-state index contributed by atoms with van der Waals surface area (Å²) >= 11 is 0. The predicted octanol–water partition coefficient (Wildman–Crippen LogP) is 1.32. The van der Waals surface area contributed by atoms with Gasteiger partial charge in [-0.1, -0.05) is 20.8 Å². The summed E-state index contributed by atoms with van der Waals surface area (Å²) in [6.07, 6.45) is 2.35. The Morgan fingerprint density at radius 1 is 1.35 bits per heavy atom. The predicted molar refractivity (Wildman–Crippen MR) is 91.0 cm³/mol. The van der Waals surface area contributed by atoms with Gasteiger partial charge in [-0.15, -0.1) is 0 Å². The van der Waals surface area contributed by atoms with Gasteiger partial charge in [-0.3, -0.25) is 14.3 Å². The van der Waals surface area contributed by atoms with Gasteiger partial charge in [-0.25, -0.2) is 4.79 Å². The number of nitrogens with one attached hydrogen (secondary N) is 1. The Balaban J connectivity index is 2.23. The molecular formula is C16H25N5O2. The van der Waals surface area contributed by atoms with E-state index in [2.05, 4.69) is 35.6 Å². The lowest BCUT2D eigenvalue weighted by Gasteiger charge is -2.32. The fourth-order valence-electron chi connectivity index (χ4n) is 3.37. The molecule has 0 unspecified atom stereocenters. The number of hydrogen-bond donors (Lipinski definition) is 1. The van der Waals surface area contributed by atoms with Crippen molar-refractivity contribution in [2.75, 3.05) is 18.0 Å². The average Bonchev–Trinajstić information content (AvgIpc) is 2.84. The van der Waals surface area contributed by atoms with Crippen molar-refractivity contribution in [3.8, 4) is 0 Å². The normalized spacial score (nSPS) is 19.0. The van der Waals surface area contributed by atoms with E-state index in [1.54, 1.807) is 7.05 Å². The molecule has 1 atom stereocenters. The molecule has 0 bridgehead atoms. The first-order chi connectivity index (χ1) is 10.9. The number of hydrogen-bond acceptors (Lipinski definition) is 4. The number of aromatic nitrogens is 4. The molecule has 0 radical (unpaired) electrons. The molecule has 7 nitrogen and oxygen atoms in total. The highest BCUT2D eigenvalue weighted by atomic mass is 16.2. The summed E-state index contributed by atoms with van der Waals surface area (Å²) in [5.74, 6) is 1.80. The van der Waals surface area contributed by atoms with Crippen LogP contribution in [-0.4, -0.2) is 32.2 Å². The minimum absolute atomic E-state index is 0.354. The number of imidazole rings is 1. The van der Waals surface area contributed by atoms with Crippen molar-refractivity contribution in [2.45, 2.75) is 40.2 Å². The molecule has 7 heteroatoms. The number of piperidine rings is 1. The Labute approximate surface area is 134 Å². The quantitative estimate of drug-likeness (QED) is 0.925. The maximum atomic E-state index is 12.4. The second-order valence-corrected chi connectivity index (χ2v) is 7.10. The Kier molecular flexibility index (Phi) is 4.04. The third kappa shape index (κ3) is 2.80. The maximum absolute atomic E-state index is 12.4. The molecule has 0 saturated carbocycles. The molecule has 3 heterocycles. The van der Waals surface area contributed by atoms with E-state index in [-0.39, 0.29) is 5.56 Å². The molecule has 126 valence electrons. The van der Waals surface area contributed by atoms with Crippen molar-refractivity contribution in [3.63, 3.8) is 0 Å². The van der Waals surface area contributed by atoms with Crippen LogP contribution in [0.3, 0.4) is 0 Å². The van der Waals surface area contributed by atoms with E-state index in [0.717, 1.165) is 25.5 Å². The fraction of sp³-hybridized carbons (Fsp3) is 0.688. The number of fused-ring (bicyclic) bond motifs is 1. The van der Waals surface area contributed by atoms with Crippen molar-refractivity contribution in [2.24, 2.45) is 18.9 Å². The van der Waals surface area contributed by atoms with Crippen molar-refractivity contribution in [3.05, 3.63) is 20.8 Å². The standard InChI is InChI=1S/C16H25N5O2/c1-10(2)8-21-12-13(19(4)16(23)18-14(12)22)17-15(21)20-7-5-6-11(3)9-20/h10-11H,5-9H2,1-4H3,(H,18,22,23)/t11-/m1/s1. The van der Waals surface area contributed by atoms with Crippen LogP contribution in [0, 0.1) is 11.8 Å². The Morgan fingerprint density at radius 2 is 2.09 bits per heavy atom. The molecule has 1 aliphatic rings. The van der Waals surface area contributed by atoms with E-state index >= 15 is 0 Å². The molecule has 3 rings (SSSR count). The number of nitrogens with zero attached hydrogens (tertiary/aromatic N) is 4. The Morgan fingerprint density at radius 3 is 2.74 bits per heavy atom. The van der Waals surface area contributed by atoms with Gasteiger partial charge in [0.05, 0.1) is 0 Å². The van der Waals surface area contributed by atoms with Gasteiger partial charge in [-0.2, -0.15) is 4.98 Å². The van der Waals surface area contributed by atoms with Crippen molar-refractivity contribution >= 4 is 17.1 Å². The average molecular weight is 319 g/mol. The zero-order valence-electron chi connectivity index (χ0n) is 14.3. The number of H-pyrrole nitrogens is 1. The van der Waals surface area contributed by atoms with E-state index in [4.69, 9.17) is 0 Å². The molecule has 0 aliphatic carbocycles. The summed E-state index contributed by atoms with van der Waals surface area (Å²) in [5.41, 5.74) is 0.185. The number of anilines is 1. The zero-order chi connectivity index (χ0) is 16.7. The van der Waals surface area contributed by atoms with Gasteiger partial charge in [0.1, 0.15) is 0 Å². The first-order valence-electron chi connectivity index (χ1n) is 8.33. The van der Waals surface area contributed by atoms with Crippen LogP contribution in [0.1, 0.15) is 33.6 Å². The summed E-state index contributed by atoms with van der Waals surface area (Å²) in [6, 6.07) is 0. The molecular weight excluding hydrogens is 294 g/mol. The summed E-state index contributed by atoms with van der Waals surface area (Å²) in [7, 11) is 1.65. The Hall–Kier alpha value is -2.05. The maximum Gasteiger partial charge on any atom is 0.329 e. The largest absolute Gasteiger partial charge is 0.342 e. The highest BCUT2D eigenvalue weighted by Gasteiger charge is 2.25. The van der Waals surface area contributed by atoms with Gasteiger partial charge in [0, 0.05) is 26.7 Å². The second-order valence-electron chi connectivity index (χ2n) is 7.10. The van der Waals surface area contributed by atoms with Gasteiger partial charge in [0.2, 0.25) is 5.95 Å². The molecule has 0 spiro atoms. The summed E-state index contributed by atoms with van der Waals surface area (Å²) in [6.45, 7) is 9.06. The van der Waals surface area contributed by atoms with Crippen LogP contribution in [0.4, 0.5) is 5.95 Å². The lowest BCUT2D eigenvalue weighted by atomic mass is 10.0. The van der Waals surface area contributed by atoms with Gasteiger partial charge >= 0.3 is 5.69 Å². The second kappa shape index (κ2) is 5.86. The topological polar surface area (TPSA) is 75.9 Å². The van der Waals surface area contributed by atoms with Crippen LogP contribution < -0.4 is 16.1 Å². The molecule has 0 amide bonds. The van der Waals surface area contributed by atoms with E-state index < -0.39 is 5.69 Å². The molecule has 2 aromatic heterocycles. The van der Waals surface area contributed by atoms with E-state index in [1.165, 1.54) is 11.0 Å². The van der Waals surface area contributed by atoms with Gasteiger partial charge in [-0.05, 0) is 24.7 Å². The molecule has 1 aliphatic heterocycles. The molecule has 23 heavy (non-hydrogen) atoms. The molecule has 2 aromatic rings. The van der Waals surface area contributed by atoms with Crippen LogP contribution in [0.2, 0.25) is 0 Å². The van der Waals surface area contributed by atoms with Crippen molar-refractivity contribution in [1.82, 2.24) is 19.1 Å². The first kappa shape index (κ1) is 15.8. The summed E-state index contributed by atoms with van der Waals surface area (Å²) in [5, 5.41) is 0. The molecule has 1 N–H and O–H groups in total. The lowest BCUT2D eigenvalue weighted by molar-refractivity contribution is 0.433. The van der Waals surface area contributed by atoms with Gasteiger partial charge in [0.15, 0.2) is 11.2 Å². The van der Waals surface area contributed by atoms with E-state index in [9.17, 15) is 9.59 Å². The number of rotatable bonds is 3. The lowest BCUT2D eigenvalue weighted by Crippen LogP contribution is -2.36. The smallest absolute Gasteiger partial charge is 0.329 e. The third-order valence-electron chi connectivity index (χ3n) is 4.47. The summed E-state index contributed by atoms with van der Waals surface area (Å²) in [4.78, 5) is 33.6. The minimum atomic E-state index is -0.421. The SMILES string of the molecule is CC(C)Cn1c(N2CCC[C@@H](C)C2)nc2c1c(=O)[nH]c(=O)n2C. The number of aromatic amines is 1. The molecule has 1 fully saturated rings. The first-order valence-corrected chi connectivity index (χ1v) is 8.33. The minimum Gasteiger partial charge on any atom is -0.342 e. The van der Waals surface area contributed by atoms with Crippen LogP contribution in [0.25, 0.3) is 11.2 Å². The highest BCUT2D eigenvalue weighted by Crippen LogP contribution is 2.25.